The van der Waals surface area contributed by atoms with Crippen LogP contribution >= 0.6 is 0 Å². The lowest BCUT2D eigenvalue weighted by Crippen LogP contribution is -2.50. The molecule has 2 heterocycles. The molecule has 1 saturated heterocycles. The lowest BCUT2D eigenvalue weighted by molar-refractivity contribution is -0.150. The van der Waals surface area contributed by atoms with Crippen LogP contribution in [0.5, 0.6) is 5.75 Å². The molecule has 0 aromatic carbocycles. The Bertz CT molecular complexity index is 518. The van der Waals surface area contributed by atoms with E-state index in [1.807, 2.05) is 26.0 Å². The summed E-state index contributed by atoms with van der Waals surface area (Å²) >= 11 is 0. The molecule has 1 aromatic heterocycles. The number of pyridine rings is 1. The van der Waals surface area contributed by atoms with Crippen LogP contribution in [0.15, 0.2) is 12.1 Å². The summed E-state index contributed by atoms with van der Waals surface area (Å²) in [5.74, 6) is 0.0644. The summed E-state index contributed by atoms with van der Waals surface area (Å²) in [6, 6.07) is 3.77. The predicted octanol–water partition coefficient (Wildman–Crippen LogP) is 2.62. The molecule has 0 bridgehead atoms. The maximum Gasteiger partial charge on any atom is 0.324 e. The predicted molar refractivity (Wildman–Crippen MR) is 80.4 cm³/mol. The van der Waals surface area contributed by atoms with Crippen LogP contribution in [-0.4, -0.2) is 40.2 Å². The number of carbonyl (C=O) groups is 1. The zero-order valence-corrected chi connectivity index (χ0v) is 13.1. The van der Waals surface area contributed by atoms with Gasteiger partial charge >= 0.3 is 5.97 Å². The standard InChI is InChI=1S/C16H24N2O3/c1-4-6-16(15(19)20)7-5-8-18(16)11-13-10-14(21-3)9-12(2)17-13/h9-10H,4-8,11H2,1-3H3,(H,19,20). The van der Waals surface area contributed by atoms with Gasteiger partial charge in [0, 0.05) is 24.4 Å². The van der Waals surface area contributed by atoms with Gasteiger partial charge in [-0.2, -0.15) is 0 Å². The molecule has 1 aliphatic heterocycles. The van der Waals surface area contributed by atoms with Crippen molar-refractivity contribution in [3.63, 3.8) is 0 Å². The van der Waals surface area contributed by atoms with E-state index in [1.165, 1.54) is 0 Å². The van der Waals surface area contributed by atoms with E-state index in [-0.39, 0.29) is 0 Å². The van der Waals surface area contributed by atoms with Crippen LogP contribution in [0, 0.1) is 6.92 Å². The van der Waals surface area contributed by atoms with Crippen molar-refractivity contribution >= 4 is 5.97 Å². The Balaban J connectivity index is 2.25. The smallest absolute Gasteiger partial charge is 0.324 e. The third kappa shape index (κ3) is 3.18. The summed E-state index contributed by atoms with van der Waals surface area (Å²) in [4.78, 5) is 18.4. The van der Waals surface area contributed by atoms with Gasteiger partial charge in [0.2, 0.25) is 0 Å². The number of carboxylic acid groups (broad SMARTS) is 1. The van der Waals surface area contributed by atoms with E-state index in [0.717, 1.165) is 42.9 Å². The normalized spacial score (nSPS) is 22.4. The van der Waals surface area contributed by atoms with Crippen molar-refractivity contribution in [3.8, 4) is 5.75 Å². The SMILES string of the molecule is CCCC1(C(=O)O)CCCN1Cc1cc(OC)cc(C)n1. The van der Waals surface area contributed by atoms with E-state index in [4.69, 9.17) is 4.74 Å². The van der Waals surface area contributed by atoms with Gasteiger partial charge in [-0.3, -0.25) is 14.7 Å². The number of aromatic nitrogens is 1. The summed E-state index contributed by atoms with van der Waals surface area (Å²) in [6.07, 6.45) is 3.20. The molecular weight excluding hydrogens is 268 g/mol. The number of rotatable bonds is 6. The highest BCUT2D eigenvalue weighted by atomic mass is 16.5. The summed E-state index contributed by atoms with van der Waals surface area (Å²) in [5, 5.41) is 9.71. The number of hydrogen-bond donors (Lipinski definition) is 1. The van der Waals surface area contributed by atoms with Gasteiger partial charge in [0.15, 0.2) is 0 Å². The lowest BCUT2D eigenvalue weighted by atomic mass is 9.90. The fourth-order valence-corrected chi connectivity index (χ4v) is 3.31. The molecular formula is C16H24N2O3. The molecule has 0 saturated carbocycles. The van der Waals surface area contributed by atoms with Gasteiger partial charge in [0.1, 0.15) is 11.3 Å². The second kappa shape index (κ2) is 6.43. The second-order valence-electron chi connectivity index (χ2n) is 5.75. The van der Waals surface area contributed by atoms with Gasteiger partial charge in [-0.15, -0.1) is 0 Å². The molecule has 5 nitrogen and oxygen atoms in total. The number of methoxy groups -OCH3 is 1. The van der Waals surface area contributed by atoms with Crippen molar-refractivity contribution in [1.82, 2.24) is 9.88 Å². The van der Waals surface area contributed by atoms with Crippen molar-refractivity contribution in [2.24, 2.45) is 0 Å². The Morgan fingerprint density at radius 3 is 2.90 bits per heavy atom. The highest BCUT2D eigenvalue weighted by Crippen LogP contribution is 2.35. The third-order valence-electron chi connectivity index (χ3n) is 4.25. The van der Waals surface area contributed by atoms with Crippen LogP contribution < -0.4 is 4.74 Å². The number of carboxylic acids is 1. The molecule has 1 aliphatic rings. The first-order valence-corrected chi connectivity index (χ1v) is 7.52. The van der Waals surface area contributed by atoms with Crippen LogP contribution in [0.25, 0.3) is 0 Å². The summed E-state index contributed by atoms with van der Waals surface area (Å²) < 4.78 is 5.27. The molecule has 1 unspecified atom stereocenters. The average molecular weight is 292 g/mol. The molecule has 0 amide bonds. The molecule has 0 radical (unpaired) electrons. The van der Waals surface area contributed by atoms with Crippen molar-refractivity contribution in [2.45, 2.75) is 51.6 Å². The quantitative estimate of drug-likeness (QED) is 0.873. The lowest BCUT2D eigenvalue weighted by Gasteiger charge is -2.34. The number of nitrogens with zero attached hydrogens (tertiary/aromatic N) is 2. The van der Waals surface area contributed by atoms with Crippen LogP contribution in [0.3, 0.4) is 0 Å². The third-order valence-corrected chi connectivity index (χ3v) is 4.25. The topological polar surface area (TPSA) is 62.7 Å². The Labute approximate surface area is 125 Å². The van der Waals surface area contributed by atoms with E-state index >= 15 is 0 Å². The first-order chi connectivity index (χ1) is 10.0. The van der Waals surface area contributed by atoms with E-state index in [2.05, 4.69) is 9.88 Å². The fourth-order valence-electron chi connectivity index (χ4n) is 3.31. The van der Waals surface area contributed by atoms with E-state index in [0.29, 0.717) is 13.0 Å². The summed E-state index contributed by atoms with van der Waals surface area (Å²) in [6.45, 7) is 5.33. The number of likely N-dealkylation sites (tertiary alicyclic amines) is 1. The van der Waals surface area contributed by atoms with Crippen LogP contribution in [0.4, 0.5) is 0 Å². The van der Waals surface area contributed by atoms with Crippen molar-refractivity contribution in [3.05, 3.63) is 23.5 Å². The Morgan fingerprint density at radius 1 is 1.52 bits per heavy atom. The molecule has 0 spiro atoms. The van der Waals surface area contributed by atoms with Gasteiger partial charge < -0.3 is 9.84 Å². The summed E-state index contributed by atoms with van der Waals surface area (Å²) in [7, 11) is 1.63. The number of ether oxygens (including phenoxy) is 1. The minimum Gasteiger partial charge on any atom is -0.497 e. The molecule has 1 fully saturated rings. The molecule has 2 rings (SSSR count). The molecule has 116 valence electrons. The highest BCUT2D eigenvalue weighted by Gasteiger charge is 2.46. The molecule has 1 aromatic rings. The number of aryl methyl sites for hydroxylation is 1. The van der Waals surface area contributed by atoms with Crippen LogP contribution in [-0.2, 0) is 11.3 Å². The van der Waals surface area contributed by atoms with Gasteiger partial charge in [-0.05, 0) is 32.7 Å². The highest BCUT2D eigenvalue weighted by molar-refractivity contribution is 5.79. The van der Waals surface area contributed by atoms with Gasteiger partial charge in [-0.1, -0.05) is 13.3 Å². The Kier molecular flexibility index (Phi) is 4.83. The van der Waals surface area contributed by atoms with Gasteiger partial charge in [0.05, 0.1) is 12.8 Å². The first kappa shape index (κ1) is 15.8. The number of aliphatic carboxylic acids is 1. The van der Waals surface area contributed by atoms with E-state index in [1.54, 1.807) is 7.11 Å². The van der Waals surface area contributed by atoms with E-state index in [9.17, 15) is 9.90 Å². The molecule has 1 atom stereocenters. The zero-order chi connectivity index (χ0) is 15.5. The fraction of sp³-hybridized carbons (Fsp3) is 0.625. The minimum absolute atomic E-state index is 0.560. The Morgan fingerprint density at radius 2 is 2.29 bits per heavy atom. The maximum absolute atomic E-state index is 11.8. The number of hydrogen-bond acceptors (Lipinski definition) is 4. The Hall–Kier alpha value is -1.62. The maximum atomic E-state index is 11.8. The second-order valence-corrected chi connectivity index (χ2v) is 5.75. The largest absolute Gasteiger partial charge is 0.497 e. The van der Waals surface area contributed by atoms with Crippen LogP contribution in [0.2, 0.25) is 0 Å². The first-order valence-electron chi connectivity index (χ1n) is 7.52. The van der Waals surface area contributed by atoms with Crippen molar-refractivity contribution < 1.29 is 14.6 Å². The minimum atomic E-state index is -0.729. The zero-order valence-electron chi connectivity index (χ0n) is 13.1. The van der Waals surface area contributed by atoms with Crippen LogP contribution in [0.1, 0.15) is 44.0 Å². The van der Waals surface area contributed by atoms with Gasteiger partial charge in [-0.25, -0.2) is 0 Å². The van der Waals surface area contributed by atoms with Gasteiger partial charge in [0.25, 0.3) is 0 Å². The molecule has 0 aliphatic carbocycles. The average Bonchev–Trinajstić information content (AvgIpc) is 2.82. The molecule has 5 heteroatoms. The van der Waals surface area contributed by atoms with Crippen molar-refractivity contribution in [1.29, 1.82) is 0 Å². The summed E-state index contributed by atoms with van der Waals surface area (Å²) in [5.41, 5.74) is 1.03. The van der Waals surface area contributed by atoms with E-state index < -0.39 is 11.5 Å². The molecule has 21 heavy (non-hydrogen) atoms. The molecule has 1 N–H and O–H groups in total. The monoisotopic (exact) mass is 292 g/mol. The van der Waals surface area contributed by atoms with Crippen molar-refractivity contribution in [2.75, 3.05) is 13.7 Å².